The third-order valence-corrected chi connectivity index (χ3v) is 3.79. The fourth-order valence-electron chi connectivity index (χ4n) is 2.35. The molecule has 0 saturated carbocycles. The van der Waals surface area contributed by atoms with E-state index in [4.69, 9.17) is 14.7 Å². The minimum Gasteiger partial charge on any atom is -0.507 e. The Hall–Kier alpha value is -2.54. The summed E-state index contributed by atoms with van der Waals surface area (Å²) in [7, 11) is 0. The lowest BCUT2D eigenvalue weighted by molar-refractivity contribution is 0.0532. The quantitative estimate of drug-likeness (QED) is 0.464. The fraction of sp³-hybridized carbons (Fsp3) is 0.529. The molecule has 9 heteroatoms. The fourth-order valence-corrected chi connectivity index (χ4v) is 2.35. The molecule has 1 heterocycles. The largest absolute Gasteiger partial charge is 0.507 e. The average Bonchev–Trinajstić information content (AvgIpc) is 2.67. The number of ether oxygens (including phenoxy) is 2. The third-order valence-electron chi connectivity index (χ3n) is 3.79. The molecule has 1 saturated heterocycles. The summed E-state index contributed by atoms with van der Waals surface area (Å²) in [5, 5.41) is 34.0. The Morgan fingerprint density at radius 3 is 2.88 bits per heavy atom. The summed E-state index contributed by atoms with van der Waals surface area (Å²) in [6.07, 6.45) is -0.746. The van der Waals surface area contributed by atoms with Crippen molar-refractivity contribution in [3.63, 3.8) is 0 Å². The van der Waals surface area contributed by atoms with Gasteiger partial charge in [-0.05, 0) is 12.1 Å². The molecule has 0 bridgehead atoms. The van der Waals surface area contributed by atoms with E-state index in [1.54, 1.807) is 4.90 Å². The lowest BCUT2D eigenvalue weighted by Crippen LogP contribution is -2.47. The van der Waals surface area contributed by atoms with Crippen molar-refractivity contribution in [1.29, 1.82) is 5.26 Å². The monoisotopic (exact) mass is 364 g/mol. The Labute approximate surface area is 152 Å². The number of hydrogen-bond donors (Lipinski definition) is 4. The van der Waals surface area contributed by atoms with Crippen molar-refractivity contribution in [1.82, 2.24) is 15.5 Å². The number of phenolic OH excluding ortho intramolecular Hbond substituents is 1. The van der Waals surface area contributed by atoms with Gasteiger partial charge in [0.25, 0.3) is 0 Å². The zero-order chi connectivity index (χ0) is 18.8. The van der Waals surface area contributed by atoms with Gasteiger partial charge in [-0.2, -0.15) is 5.26 Å². The molecular weight excluding hydrogens is 340 g/mol. The van der Waals surface area contributed by atoms with E-state index < -0.39 is 6.10 Å². The number of nitrogens with one attached hydrogen (secondary N) is 2. The second-order valence-electron chi connectivity index (χ2n) is 5.79. The molecule has 0 aromatic heterocycles. The van der Waals surface area contributed by atoms with Gasteiger partial charge in [0, 0.05) is 38.8 Å². The van der Waals surface area contributed by atoms with Gasteiger partial charge in [0.05, 0.1) is 18.8 Å². The molecule has 9 nitrogen and oxygen atoms in total. The lowest BCUT2D eigenvalue weighted by Gasteiger charge is -2.27. The highest BCUT2D eigenvalue weighted by Crippen LogP contribution is 2.22. The number of phenols is 1. The van der Waals surface area contributed by atoms with Crippen molar-refractivity contribution in [2.24, 2.45) is 0 Å². The van der Waals surface area contributed by atoms with Crippen LogP contribution in [0.4, 0.5) is 4.79 Å². The predicted octanol–water partition coefficient (Wildman–Crippen LogP) is -0.365. The van der Waals surface area contributed by atoms with E-state index in [1.165, 1.54) is 18.2 Å². The minimum atomic E-state index is -0.746. The van der Waals surface area contributed by atoms with Gasteiger partial charge in [-0.3, -0.25) is 0 Å². The maximum absolute atomic E-state index is 11.9. The molecule has 0 aliphatic carbocycles. The Morgan fingerprint density at radius 2 is 2.15 bits per heavy atom. The molecule has 0 unspecified atom stereocenters. The third kappa shape index (κ3) is 6.40. The minimum absolute atomic E-state index is 0.0444. The SMILES string of the molecule is N#Cc1cc(OC[C@@H](O)CNCCNC(=O)N2CCOCC2)ccc1O. The summed E-state index contributed by atoms with van der Waals surface area (Å²) in [5.41, 5.74) is 0.117. The van der Waals surface area contributed by atoms with Crippen molar-refractivity contribution in [3.8, 4) is 17.6 Å². The zero-order valence-electron chi connectivity index (χ0n) is 14.5. The number of rotatable bonds is 8. The van der Waals surface area contributed by atoms with Crippen molar-refractivity contribution in [2.45, 2.75) is 6.10 Å². The number of carbonyl (C=O) groups excluding carboxylic acids is 1. The Balaban J connectivity index is 1.57. The van der Waals surface area contributed by atoms with Crippen LogP contribution in [0.1, 0.15) is 5.56 Å². The molecule has 1 aliphatic rings. The lowest BCUT2D eigenvalue weighted by atomic mass is 10.2. The number of aromatic hydroxyl groups is 1. The number of hydrogen-bond acceptors (Lipinski definition) is 7. The molecule has 1 atom stereocenters. The number of amides is 2. The molecule has 4 N–H and O–H groups in total. The summed E-state index contributed by atoms with van der Waals surface area (Å²) in [5.74, 6) is 0.289. The molecule has 1 aromatic carbocycles. The van der Waals surface area contributed by atoms with Gasteiger partial charge in [0.15, 0.2) is 0 Å². The number of carbonyl (C=O) groups is 1. The highest BCUT2D eigenvalue weighted by Gasteiger charge is 2.15. The van der Waals surface area contributed by atoms with E-state index >= 15 is 0 Å². The Kier molecular flexibility index (Phi) is 7.95. The number of aliphatic hydroxyl groups excluding tert-OH is 1. The number of benzene rings is 1. The molecule has 0 spiro atoms. The van der Waals surface area contributed by atoms with Crippen molar-refractivity contribution >= 4 is 6.03 Å². The van der Waals surface area contributed by atoms with Crippen molar-refractivity contribution in [3.05, 3.63) is 23.8 Å². The first-order valence-corrected chi connectivity index (χ1v) is 8.45. The van der Waals surface area contributed by atoms with Crippen LogP contribution in [-0.2, 0) is 4.74 Å². The highest BCUT2D eigenvalue weighted by molar-refractivity contribution is 5.74. The van der Waals surface area contributed by atoms with Crippen LogP contribution in [-0.4, -0.2) is 79.8 Å². The summed E-state index contributed by atoms with van der Waals surface area (Å²) in [6, 6.07) is 6.05. The molecule has 0 radical (unpaired) electrons. The van der Waals surface area contributed by atoms with Crippen LogP contribution in [0.15, 0.2) is 18.2 Å². The number of morpholine rings is 1. The van der Waals surface area contributed by atoms with Gasteiger partial charge in [-0.1, -0.05) is 0 Å². The van der Waals surface area contributed by atoms with Crippen LogP contribution in [0.25, 0.3) is 0 Å². The molecule has 1 aromatic rings. The summed E-state index contributed by atoms with van der Waals surface area (Å²) < 4.78 is 10.6. The Morgan fingerprint density at radius 1 is 1.38 bits per heavy atom. The second-order valence-corrected chi connectivity index (χ2v) is 5.79. The highest BCUT2D eigenvalue weighted by atomic mass is 16.5. The molecule has 2 rings (SSSR count). The topological polar surface area (TPSA) is 127 Å². The van der Waals surface area contributed by atoms with E-state index in [0.717, 1.165) is 0 Å². The van der Waals surface area contributed by atoms with Crippen LogP contribution in [0.5, 0.6) is 11.5 Å². The van der Waals surface area contributed by atoms with Crippen molar-refractivity contribution < 1.29 is 24.5 Å². The van der Waals surface area contributed by atoms with Crippen LogP contribution in [0.3, 0.4) is 0 Å². The summed E-state index contributed by atoms with van der Waals surface area (Å²) >= 11 is 0. The maximum atomic E-state index is 11.9. The average molecular weight is 364 g/mol. The van der Waals surface area contributed by atoms with Crippen molar-refractivity contribution in [2.75, 3.05) is 52.5 Å². The molecule has 1 fully saturated rings. The second kappa shape index (κ2) is 10.5. The molecule has 142 valence electrons. The smallest absolute Gasteiger partial charge is 0.317 e. The first-order valence-electron chi connectivity index (χ1n) is 8.45. The number of urea groups is 1. The van der Waals surface area contributed by atoms with Crippen LogP contribution < -0.4 is 15.4 Å². The van der Waals surface area contributed by atoms with Gasteiger partial charge < -0.3 is 35.2 Å². The van der Waals surface area contributed by atoms with E-state index in [9.17, 15) is 15.0 Å². The predicted molar refractivity (Wildman–Crippen MR) is 93.0 cm³/mol. The van der Waals surface area contributed by atoms with Crippen LogP contribution in [0, 0.1) is 11.3 Å². The van der Waals surface area contributed by atoms with Gasteiger partial charge >= 0.3 is 6.03 Å². The number of nitriles is 1. The zero-order valence-corrected chi connectivity index (χ0v) is 14.5. The maximum Gasteiger partial charge on any atom is 0.317 e. The van der Waals surface area contributed by atoms with E-state index in [1.807, 2.05) is 6.07 Å². The van der Waals surface area contributed by atoms with Gasteiger partial charge in [-0.15, -0.1) is 0 Å². The van der Waals surface area contributed by atoms with Crippen LogP contribution in [0.2, 0.25) is 0 Å². The van der Waals surface area contributed by atoms with Crippen LogP contribution >= 0.6 is 0 Å². The van der Waals surface area contributed by atoms with E-state index in [-0.39, 0.29) is 24.0 Å². The number of nitrogens with zero attached hydrogens (tertiary/aromatic N) is 2. The molecule has 2 amide bonds. The number of aliphatic hydroxyl groups is 1. The van der Waals surface area contributed by atoms with E-state index in [0.29, 0.717) is 51.7 Å². The molecule has 1 aliphatic heterocycles. The standard InChI is InChI=1S/C17H24N4O5/c18-10-13-9-15(1-2-16(13)23)26-12-14(22)11-19-3-4-20-17(24)21-5-7-25-8-6-21/h1-2,9,14,19,22-23H,3-8,11-12H2,(H,20,24)/t14-/m0/s1. The first-order chi connectivity index (χ1) is 12.6. The van der Waals surface area contributed by atoms with E-state index in [2.05, 4.69) is 10.6 Å². The molecular formula is C17H24N4O5. The summed E-state index contributed by atoms with van der Waals surface area (Å²) in [6.45, 7) is 3.64. The normalized spacial score (nSPS) is 15.2. The first kappa shape index (κ1) is 19.8. The van der Waals surface area contributed by atoms with Gasteiger partial charge in [-0.25, -0.2) is 4.79 Å². The summed E-state index contributed by atoms with van der Waals surface area (Å²) in [4.78, 5) is 13.6. The van der Waals surface area contributed by atoms with Gasteiger partial charge in [0.1, 0.15) is 30.3 Å². The molecule has 26 heavy (non-hydrogen) atoms. The van der Waals surface area contributed by atoms with Gasteiger partial charge in [0.2, 0.25) is 0 Å². The Bertz CT molecular complexity index is 628.